The fourth-order valence-corrected chi connectivity index (χ4v) is 2.99. The van der Waals surface area contributed by atoms with Crippen LogP contribution in [0.4, 0.5) is 0 Å². The van der Waals surface area contributed by atoms with E-state index in [1.165, 1.54) is 0 Å². The van der Waals surface area contributed by atoms with Crippen LogP contribution in [0.15, 0.2) is 58.9 Å². The maximum absolute atomic E-state index is 12.4. The minimum absolute atomic E-state index is 0.117. The molecule has 0 saturated heterocycles. The fourth-order valence-electron chi connectivity index (χ4n) is 2.99. The van der Waals surface area contributed by atoms with Gasteiger partial charge in [0.25, 0.3) is 5.56 Å². The Morgan fingerprint density at radius 1 is 1.04 bits per heavy atom. The van der Waals surface area contributed by atoms with Crippen molar-refractivity contribution < 1.29 is 9.90 Å². The summed E-state index contributed by atoms with van der Waals surface area (Å²) in [4.78, 5) is 27.5. The van der Waals surface area contributed by atoms with Crippen molar-refractivity contribution >= 4 is 22.8 Å². The Balaban J connectivity index is 1.83. The smallest absolute Gasteiger partial charge is 0.255 e. The van der Waals surface area contributed by atoms with Gasteiger partial charge in [0.05, 0.1) is 0 Å². The van der Waals surface area contributed by atoms with Gasteiger partial charge < -0.3 is 10.1 Å². The number of pyridine rings is 1. The molecule has 2 N–H and O–H groups in total. The van der Waals surface area contributed by atoms with E-state index in [1.807, 2.05) is 24.3 Å². The van der Waals surface area contributed by atoms with Crippen molar-refractivity contribution in [3.8, 4) is 5.75 Å². The van der Waals surface area contributed by atoms with Crippen molar-refractivity contribution in [2.75, 3.05) is 0 Å². The monoisotopic (exact) mass is 303 g/mol. The highest BCUT2D eigenvalue weighted by atomic mass is 16.3. The average molecular weight is 303 g/mol. The van der Waals surface area contributed by atoms with E-state index in [1.54, 1.807) is 30.3 Å². The maximum Gasteiger partial charge on any atom is 0.255 e. The Kier molecular flexibility index (Phi) is 2.91. The van der Waals surface area contributed by atoms with Crippen molar-refractivity contribution in [3.05, 3.63) is 81.1 Å². The molecule has 0 atom stereocenters. The van der Waals surface area contributed by atoms with Gasteiger partial charge in [0.15, 0.2) is 5.78 Å². The predicted molar refractivity (Wildman–Crippen MR) is 88.7 cm³/mol. The standard InChI is InChI=1S/C19H13NO3/c21-17-7-3-5-14-15(17)10-12(18(14)22)9-13-8-11-4-1-2-6-16(11)20-19(13)23/h1-9,21H,10H2,(H,20,23)/b12-9+. The lowest BCUT2D eigenvalue weighted by Gasteiger charge is -2.00. The number of carbonyl (C=O) groups is 1. The number of benzene rings is 2. The quantitative estimate of drug-likeness (QED) is 0.679. The summed E-state index contributed by atoms with van der Waals surface area (Å²) < 4.78 is 0. The molecule has 0 spiro atoms. The van der Waals surface area contributed by atoms with Crippen molar-refractivity contribution in [2.45, 2.75) is 6.42 Å². The molecule has 1 aromatic heterocycles. The van der Waals surface area contributed by atoms with Crippen LogP contribution in [0.2, 0.25) is 0 Å². The van der Waals surface area contributed by atoms with E-state index in [2.05, 4.69) is 4.98 Å². The Labute approximate surface area is 131 Å². The number of phenolic OH excluding ortho intramolecular Hbond substituents is 1. The maximum atomic E-state index is 12.4. The SMILES string of the molecule is O=C1/C(=C/c2cc3ccccc3[nH]c2=O)Cc2c(O)cccc21. The van der Waals surface area contributed by atoms with E-state index in [0.717, 1.165) is 10.9 Å². The molecule has 0 unspecified atom stereocenters. The van der Waals surface area contributed by atoms with Gasteiger partial charge in [-0.15, -0.1) is 0 Å². The predicted octanol–water partition coefficient (Wildman–Crippen LogP) is 3.06. The second kappa shape index (κ2) is 4.95. The van der Waals surface area contributed by atoms with Gasteiger partial charge in [0, 0.05) is 34.2 Å². The Hall–Kier alpha value is -3.14. The largest absolute Gasteiger partial charge is 0.508 e. The third-order valence-corrected chi connectivity index (χ3v) is 4.17. The summed E-state index contributed by atoms with van der Waals surface area (Å²) in [6.45, 7) is 0. The van der Waals surface area contributed by atoms with Crippen LogP contribution in [0.1, 0.15) is 21.5 Å². The number of allylic oxidation sites excluding steroid dienone is 1. The van der Waals surface area contributed by atoms with E-state index >= 15 is 0 Å². The number of nitrogens with one attached hydrogen (secondary N) is 1. The minimum atomic E-state index is -0.232. The van der Waals surface area contributed by atoms with Crippen molar-refractivity contribution in [1.29, 1.82) is 0 Å². The topological polar surface area (TPSA) is 70.2 Å². The normalized spacial score (nSPS) is 15.3. The van der Waals surface area contributed by atoms with Gasteiger partial charge in [-0.05, 0) is 29.7 Å². The number of hydrogen-bond donors (Lipinski definition) is 2. The molecule has 0 saturated carbocycles. The number of rotatable bonds is 1. The summed E-state index contributed by atoms with van der Waals surface area (Å²) in [5.41, 5.74) is 2.62. The number of phenols is 1. The zero-order valence-electron chi connectivity index (χ0n) is 12.2. The minimum Gasteiger partial charge on any atom is -0.508 e. The van der Waals surface area contributed by atoms with Crippen LogP contribution < -0.4 is 5.56 Å². The molecule has 0 aliphatic heterocycles. The summed E-state index contributed by atoms with van der Waals surface area (Å²) in [5, 5.41) is 10.8. The van der Waals surface area contributed by atoms with Gasteiger partial charge >= 0.3 is 0 Å². The summed E-state index contributed by atoms with van der Waals surface area (Å²) in [5.74, 6) is -0.0184. The van der Waals surface area contributed by atoms with Gasteiger partial charge in [-0.25, -0.2) is 0 Å². The molecule has 2 aromatic carbocycles. The van der Waals surface area contributed by atoms with E-state index in [4.69, 9.17) is 0 Å². The fraction of sp³-hybridized carbons (Fsp3) is 0.0526. The first-order chi connectivity index (χ1) is 11.1. The number of Topliss-reactive ketones (excluding diaryl/α,β-unsaturated/α-hetero) is 1. The number of fused-ring (bicyclic) bond motifs is 2. The highest BCUT2D eigenvalue weighted by Gasteiger charge is 2.27. The van der Waals surface area contributed by atoms with Crippen LogP contribution in [-0.4, -0.2) is 15.9 Å². The highest BCUT2D eigenvalue weighted by molar-refractivity contribution is 6.16. The van der Waals surface area contributed by atoms with Gasteiger partial charge in [0.1, 0.15) is 5.75 Å². The van der Waals surface area contributed by atoms with Gasteiger partial charge in [0.2, 0.25) is 0 Å². The first-order valence-corrected chi connectivity index (χ1v) is 7.32. The van der Waals surface area contributed by atoms with Crippen molar-refractivity contribution in [3.63, 3.8) is 0 Å². The molecular weight excluding hydrogens is 290 g/mol. The van der Waals surface area contributed by atoms with Crippen LogP contribution >= 0.6 is 0 Å². The molecule has 4 nitrogen and oxygen atoms in total. The summed E-state index contributed by atoms with van der Waals surface area (Å²) in [7, 11) is 0. The van der Waals surface area contributed by atoms with Gasteiger partial charge in [-0.3, -0.25) is 9.59 Å². The molecule has 0 radical (unpaired) electrons. The number of aromatic nitrogens is 1. The molecule has 0 amide bonds. The Morgan fingerprint density at radius 3 is 2.70 bits per heavy atom. The first-order valence-electron chi connectivity index (χ1n) is 7.32. The highest BCUT2D eigenvalue weighted by Crippen LogP contribution is 2.33. The van der Waals surface area contributed by atoms with Crippen LogP contribution in [-0.2, 0) is 6.42 Å². The second-order valence-corrected chi connectivity index (χ2v) is 5.62. The summed E-state index contributed by atoms with van der Waals surface area (Å²) >= 11 is 0. The van der Waals surface area contributed by atoms with E-state index in [-0.39, 0.29) is 17.1 Å². The van der Waals surface area contributed by atoms with Crippen molar-refractivity contribution in [1.82, 2.24) is 4.98 Å². The molecule has 23 heavy (non-hydrogen) atoms. The number of hydrogen-bond acceptors (Lipinski definition) is 3. The van der Waals surface area contributed by atoms with E-state index < -0.39 is 0 Å². The number of aromatic amines is 1. The average Bonchev–Trinajstić information content (AvgIpc) is 2.86. The van der Waals surface area contributed by atoms with E-state index in [0.29, 0.717) is 28.7 Å². The third-order valence-electron chi connectivity index (χ3n) is 4.17. The Bertz CT molecular complexity index is 1040. The lowest BCUT2D eigenvalue weighted by Crippen LogP contribution is -2.09. The molecule has 4 rings (SSSR count). The zero-order chi connectivity index (χ0) is 16.0. The lowest BCUT2D eigenvalue weighted by atomic mass is 10.1. The molecule has 0 fully saturated rings. The number of aromatic hydroxyl groups is 1. The number of para-hydroxylation sites is 1. The Morgan fingerprint density at radius 2 is 1.87 bits per heavy atom. The van der Waals surface area contributed by atoms with Crippen LogP contribution in [0.5, 0.6) is 5.75 Å². The summed E-state index contributed by atoms with van der Waals surface area (Å²) in [6.07, 6.45) is 1.96. The molecule has 112 valence electrons. The van der Waals surface area contributed by atoms with Crippen molar-refractivity contribution in [2.24, 2.45) is 0 Å². The lowest BCUT2D eigenvalue weighted by molar-refractivity contribution is 0.104. The molecule has 3 aromatic rings. The zero-order valence-corrected chi connectivity index (χ0v) is 12.2. The van der Waals surface area contributed by atoms with Crippen LogP contribution in [0.3, 0.4) is 0 Å². The molecular formula is C19H13NO3. The molecule has 1 heterocycles. The molecule has 1 aliphatic carbocycles. The van der Waals surface area contributed by atoms with Crippen LogP contribution in [0.25, 0.3) is 17.0 Å². The molecule has 0 bridgehead atoms. The van der Waals surface area contributed by atoms with Crippen LogP contribution in [0, 0.1) is 0 Å². The number of H-pyrrole nitrogens is 1. The summed E-state index contributed by atoms with van der Waals surface area (Å²) in [6, 6.07) is 14.2. The third kappa shape index (κ3) is 2.16. The first kappa shape index (κ1) is 13.5. The van der Waals surface area contributed by atoms with Gasteiger partial charge in [-0.1, -0.05) is 30.3 Å². The second-order valence-electron chi connectivity index (χ2n) is 5.62. The number of carbonyl (C=O) groups excluding carboxylic acids is 1. The van der Waals surface area contributed by atoms with Gasteiger partial charge in [-0.2, -0.15) is 0 Å². The number of ketones is 1. The molecule has 1 aliphatic rings. The van der Waals surface area contributed by atoms with E-state index in [9.17, 15) is 14.7 Å². The molecule has 4 heteroatoms.